The van der Waals surface area contributed by atoms with E-state index >= 15 is 0 Å². The Morgan fingerprint density at radius 3 is 2.85 bits per heavy atom. The lowest BCUT2D eigenvalue weighted by Crippen LogP contribution is -2.24. The zero-order valence-electron chi connectivity index (χ0n) is 17.5. The van der Waals surface area contributed by atoms with Crippen LogP contribution in [-0.2, 0) is 6.54 Å². The number of fused-ring (bicyclic) bond motifs is 2. The number of para-hydroxylation sites is 3. The molecule has 0 fully saturated rings. The number of aliphatic imine (C=N–C) groups is 1. The van der Waals surface area contributed by atoms with Crippen LogP contribution >= 0.6 is 11.8 Å². The van der Waals surface area contributed by atoms with Gasteiger partial charge < -0.3 is 14.8 Å². The van der Waals surface area contributed by atoms with Crippen LogP contribution in [0.4, 0.5) is 5.69 Å². The number of nitrogens with zero attached hydrogens (tertiary/aromatic N) is 6. The van der Waals surface area contributed by atoms with Gasteiger partial charge in [0, 0.05) is 34.7 Å². The predicted octanol–water partition coefficient (Wildman–Crippen LogP) is 4.08. The third-order valence-electron chi connectivity index (χ3n) is 5.65. The van der Waals surface area contributed by atoms with Gasteiger partial charge in [-0.25, -0.2) is 9.97 Å². The van der Waals surface area contributed by atoms with E-state index in [2.05, 4.69) is 30.6 Å². The smallest absolute Gasteiger partial charge is 0.275 e. The van der Waals surface area contributed by atoms with Crippen LogP contribution in [0, 0.1) is 0 Å². The third-order valence-corrected chi connectivity index (χ3v) is 6.58. The van der Waals surface area contributed by atoms with Crippen LogP contribution in [0.15, 0.2) is 89.5 Å². The normalized spacial score (nSPS) is 17.1. The minimum Gasteiger partial charge on any atom is -0.332 e. The molecule has 1 amide bonds. The monoisotopic (exact) mass is 453 g/mol. The van der Waals surface area contributed by atoms with E-state index in [-0.39, 0.29) is 17.6 Å². The standard InChI is InChI=1S/C24H19N7OS/c32-23(21-11-26-19-7-3-4-8-20(19)27-21)28-18-6-2-1-5-17(18)22-13-31-16(14-33-24(31)29-22)12-30-10-9-25-15-30/h1-11,14-15,22H,12-13H2,(H,28,32). The van der Waals surface area contributed by atoms with Crippen molar-refractivity contribution in [3.63, 3.8) is 0 Å². The molecule has 1 N–H and O–H groups in total. The molecular weight excluding hydrogens is 434 g/mol. The maximum atomic E-state index is 13.0. The molecule has 4 aromatic rings. The summed E-state index contributed by atoms with van der Waals surface area (Å²) in [7, 11) is 0. The number of amidine groups is 1. The number of rotatable bonds is 5. The molecule has 0 saturated carbocycles. The van der Waals surface area contributed by atoms with Crippen molar-refractivity contribution in [2.24, 2.45) is 4.99 Å². The molecule has 1 unspecified atom stereocenters. The molecule has 2 aliphatic rings. The van der Waals surface area contributed by atoms with Crippen molar-refractivity contribution in [1.82, 2.24) is 24.4 Å². The molecule has 6 rings (SSSR count). The molecule has 0 spiro atoms. The predicted molar refractivity (Wildman–Crippen MR) is 129 cm³/mol. The number of carbonyl (C=O) groups excluding carboxylic acids is 1. The Balaban J connectivity index is 1.21. The fourth-order valence-corrected chi connectivity index (χ4v) is 4.98. The first-order chi connectivity index (χ1) is 16.2. The molecule has 162 valence electrons. The van der Waals surface area contributed by atoms with Gasteiger partial charge in [0.1, 0.15) is 5.69 Å². The van der Waals surface area contributed by atoms with Crippen LogP contribution < -0.4 is 5.32 Å². The number of nitrogens with one attached hydrogen (secondary N) is 1. The summed E-state index contributed by atoms with van der Waals surface area (Å²) >= 11 is 1.63. The summed E-state index contributed by atoms with van der Waals surface area (Å²) in [6.45, 7) is 1.48. The Kier molecular flexibility index (Phi) is 4.88. The number of hydrogen-bond acceptors (Lipinski definition) is 7. The fraction of sp³-hybridized carbons (Fsp3) is 0.125. The highest BCUT2D eigenvalue weighted by Crippen LogP contribution is 2.39. The Morgan fingerprint density at radius 1 is 1.12 bits per heavy atom. The number of anilines is 1. The molecule has 0 saturated heterocycles. The second-order valence-electron chi connectivity index (χ2n) is 7.79. The molecule has 2 aromatic carbocycles. The lowest BCUT2D eigenvalue weighted by Gasteiger charge is -2.20. The first kappa shape index (κ1) is 19.7. The van der Waals surface area contributed by atoms with Gasteiger partial charge in [-0.3, -0.25) is 14.8 Å². The molecule has 1 atom stereocenters. The van der Waals surface area contributed by atoms with E-state index in [0.29, 0.717) is 5.52 Å². The minimum atomic E-state index is -0.290. The van der Waals surface area contributed by atoms with E-state index in [4.69, 9.17) is 4.99 Å². The first-order valence-electron chi connectivity index (χ1n) is 10.5. The summed E-state index contributed by atoms with van der Waals surface area (Å²) in [6, 6.07) is 15.2. The molecule has 8 nitrogen and oxygen atoms in total. The number of benzene rings is 2. The second-order valence-corrected chi connectivity index (χ2v) is 8.62. The topological polar surface area (TPSA) is 88.3 Å². The summed E-state index contributed by atoms with van der Waals surface area (Å²) in [6.07, 6.45) is 7.06. The van der Waals surface area contributed by atoms with E-state index in [1.165, 1.54) is 11.9 Å². The zero-order chi connectivity index (χ0) is 22.2. The maximum Gasteiger partial charge on any atom is 0.275 e. The van der Waals surface area contributed by atoms with Crippen molar-refractivity contribution in [3.05, 3.63) is 95.8 Å². The van der Waals surface area contributed by atoms with Gasteiger partial charge in [0.05, 0.1) is 42.7 Å². The van der Waals surface area contributed by atoms with Crippen molar-refractivity contribution in [2.75, 3.05) is 11.9 Å². The van der Waals surface area contributed by atoms with Gasteiger partial charge in [0.2, 0.25) is 0 Å². The Hall–Kier alpha value is -3.98. The molecular formula is C24H19N7OS. The molecule has 33 heavy (non-hydrogen) atoms. The van der Waals surface area contributed by atoms with Gasteiger partial charge in [-0.15, -0.1) is 0 Å². The van der Waals surface area contributed by atoms with Crippen LogP contribution in [0.2, 0.25) is 0 Å². The van der Waals surface area contributed by atoms with Crippen molar-refractivity contribution in [3.8, 4) is 0 Å². The Bertz CT molecular complexity index is 1410. The number of amides is 1. The van der Waals surface area contributed by atoms with Crippen LogP contribution in [0.3, 0.4) is 0 Å². The number of imidazole rings is 1. The van der Waals surface area contributed by atoms with Gasteiger partial charge in [-0.1, -0.05) is 42.1 Å². The zero-order valence-corrected chi connectivity index (χ0v) is 18.3. The molecule has 0 bridgehead atoms. The average Bonchev–Trinajstić information content (AvgIpc) is 3.58. The van der Waals surface area contributed by atoms with E-state index in [0.717, 1.165) is 35.0 Å². The lowest BCUT2D eigenvalue weighted by molar-refractivity contribution is 0.102. The van der Waals surface area contributed by atoms with Crippen LogP contribution in [0.5, 0.6) is 0 Å². The van der Waals surface area contributed by atoms with Gasteiger partial charge in [0.25, 0.3) is 5.91 Å². The van der Waals surface area contributed by atoms with Crippen LogP contribution in [-0.4, -0.2) is 42.0 Å². The largest absolute Gasteiger partial charge is 0.332 e. The first-order valence-corrected chi connectivity index (χ1v) is 11.4. The average molecular weight is 454 g/mol. The number of carbonyl (C=O) groups is 1. The molecule has 9 heteroatoms. The van der Waals surface area contributed by atoms with Crippen molar-refractivity contribution in [2.45, 2.75) is 12.6 Å². The summed E-state index contributed by atoms with van der Waals surface area (Å²) in [5, 5.41) is 6.14. The molecule has 4 heterocycles. The van der Waals surface area contributed by atoms with Crippen molar-refractivity contribution >= 4 is 39.6 Å². The molecule has 0 radical (unpaired) electrons. The Morgan fingerprint density at radius 2 is 1.97 bits per heavy atom. The Labute approximate surface area is 194 Å². The highest BCUT2D eigenvalue weighted by Gasteiger charge is 2.33. The highest BCUT2D eigenvalue weighted by molar-refractivity contribution is 8.16. The van der Waals surface area contributed by atoms with Gasteiger partial charge >= 0.3 is 0 Å². The lowest BCUT2D eigenvalue weighted by atomic mass is 10.0. The number of aromatic nitrogens is 4. The quantitative estimate of drug-likeness (QED) is 0.490. The number of allylic oxidation sites excluding steroid dienone is 1. The number of hydrogen-bond donors (Lipinski definition) is 1. The third kappa shape index (κ3) is 3.76. The summed E-state index contributed by atoms with van der Waals surface area (Å²) < 4.78 is 2.04. The molecule has 0 aliphatic carbocycles. The van der Waals surface area contributed by atoms with Crippen molar-refractivity contribution in [1.29, 1.82) is 0 Å². The number of thioether (sulfide) groups is 1. The summed E-state index contributed by atoms with van der Waals surface area (Å²) in [5.41, 5.74) is 4.63. The maximum absolute atomic E-state index is 13.0. The minimum absolute atomic E-state index is 0.0711. The van der Waals surface area contributed by atoms with E-state index in [1.54, 1.807) is 18.0 Å². The van der Waals surface area contributed by atoms with Gasteiger partial charge in [-0.2, -0.15) is 0 Å². The fourth-order valence-electron chi connectivity index (χ4n) is 4.03. The SMILES string of the molecule is O=C(Nc1ccccc1C1CN2C(Cn3ccnc3)=CSC2=N1)c1cnc2ccccc2n1. The van der Waals surface area contributed by atoms with Gasteiger partial charge in [0.15, 0.2) is 5.17 Å². The highest BCUT2D eigenvalue weighted by atomic mass is 32.2. The summed E-state index contributed by atoms with van der Waals surface area (Å²) in [5.74, 6) is -0.290. The van der Waals surface area contributed by atoms with E-state index in [9.17, 15) is 4.79 Å². The van der Waals surface area contributed by atoms with E-state index < -0.39 is 0 Å². The van der Waals surface area contributed by atoms with Gasteiger partial charge in [-0.05, 0) is 18.2 Å². The van der Waals surface area contributed by atoms with Crippen molar-refractivity contribution < 1.29 is 4.79 Å². The molecule has 2 aliphatic heterocycles. The van der Waals surface area contributed by atoms with Crippen LogP contribution in [0.1, 0.15) is 22.1 Å². The summed E-state index contributed by atoms with van der Waals surface area (Å²) in [4.78, 5) is 33.1. The van der Waals surface area contributed by atoms with Crippen LogP contribution in [0.25, 0.3) is 11.0 Å². The molecule has 2 aromatic heterocycles. The van der Waals surface area contributed by atoms with E-state index in [1.807, 2.05) is 65.6 Å². The second kappa shape index (κ2) is 8.18.